The van der Waals surface area contributed by atoms with E-state index >= 15 is 0 Å². The van der Waals surface area contributed by atoms with Crippen LogP contribution < -0.4 is 4.57 Å². The summed E-state index contributed by atoms with van der Waals surface area (Å²) >= 11 is 1.99. The van der Waals surface area contributed by atoms with Crippen LogP contribution in [-0.2, 0) is 21.0 Å². The molecule has 4 aromatic carbocycles. The number of fused-ring (bicyclic) bond motifs is 12. The van der Waals surface area contributed by atoms with Gasteiger partial charge in [-0.15, -0.1) is 11.3 Å². The highest BCUT2D eigenvalue weighted by atomic mass is 32.1. The monoisotopic (exact) mass is 642 g/mol. The van der Waals surface area contributed by atoms with Crippen molar-refractivity contribution in [3.63, 3.8) is 0 Å². The molecule has 242 valence electrons. The fraction of sp³-hybridized carbons (Fsp3) is 0.419. The van der Waals surface area contributed by atoms with Crippen LogP contribution in [0.1, 0.15) is 102 Å². The Hall–Kier alpha value is -3.31. The Labute approximate surface area is 283 Å². The first-order valence-electron chi connectivity index (χ1n) is 17.4. The molecule has 3 nitrogen and oxygen atoms in total. The first kappa shape index (κ1) is 31.0. The standard InChI is InChI=1S/C43H48NO2S/c1-41(2,3)34-23-32-37(27-12-10-9-11-26(27)34)29(16-20-45)35(24-46-8)44-19-15-25-21-36-31(22-30(25)39(32)44)28-13-14-33-38(40(28)47-36)43(6,7)18-17-42(33,4)5/h9-15,19,21-23,29,35,45H,16-18,20,24H2,1-8H3/q+1. The molecule has 8 rings (SSSR count). The molecule has 2 atom stereocenters. The highest BCUT2D eigenvalue weighted by Gasteiger charge is 2.43. The summed E-state index contributed by atoms with van der Waals surface area (Å²) in [5, 5.41) is 18.3. The molecule has 0 bridgehead atoms. The SMILES string of the molecule is COCC1C(CCO)c2c(cc(C(C)(C)C)c3ccccc23)-c2c3cc4c(cc3cc[n+]21)sc1c2c(ccc14)C(C)(C)CCC2(C)C. The van der Waals surface area contributed by atoms with E-state index in [9.17, 15) is 5.11 Å². The predicted octanol–water partition coefficient (Wildman–Crippen LogP) is 10.6. The van der Waals surface area contributed by atoms with Gasteiger partial charge in [-0.1, -0.05) is 84.9 Å². The van der Waals surface area contributed by atoms with Crippen molar-refractivity contribution in [2.75, 3.05) is 20.3 Å². The number of aliphatic hydroxyl groups excluding tert-OH is 1. The van der Waals surface area contributed by atoms with Crippen molar-refractivity contribution in [2.45, 2.75) is 95.9 Å². The number of rotatable bonds is 4. The van der Waals surface area contributed by atoms with Crippen LogP contribution in [0.2, 0.25) is 0 Å². The molecule has 0 saturated heterocycles. The first-order chi connectivity index (χ1) is 22.4. The molecular weight excluding hydrogens is 595 g/mol. The number of pyridine rings is 1. The summed E-state index contributed by atoms with van der Waals surface area (Å²) < 4.78 is 11.2. The van der Waals surface area contributed by atoms with Crippen molar-refractivity contribution in [1.29, 1.82) is 0 Å². The molecule has 0 radical (unpaired) electrons. The number of ether oxygens (including phenoxy) is 1. The lowest BCUT2D eigenvalue weighted by Crippen LogP contribution is -2.49. The Balaban J connectivity index is 1.50. The molecule has 2 aliphatic rings. The lowest BCUT2D eigenvalue weighted by atomic mass is 9.63. The second kappa shape index (κ2) is 10.6. The largest absolute Gasteiger partial charge is 0.396 e. The van der Waals surface area contributed by atoms with Gasteiger partial charge in [0.25, 0.3) is 0 Å². The molecule has 1 aliphatic heterocycles. The van der Waals surface area contributed by atoms with Gasteiger partial charge in [0.2, 0.25) is 5.69 Å². The van der Waals surface area contributed by atoms with Crippen LogP contribution >= 0.6 is 11.3 Å². The molecule has 6 aromatic rings. The van der Waals surface area contributed by atoms with Gasteiger partial charge in [-0.2, -0.15) is 4.57 Å². The average molecular weight is 643 g/mol. The maximum absolute atomic E-state index is 10.4. The van der Waals surface area contributed by atoms with Gasteiger partial charge in [-0.25, -0.2) is 0 Å². The maximum Gasteiger partial charge on any atom is 0.221 e. The van der Waals surface area contributed by atoms with E-state index in [0.29, 0.717) is 13.0 Å². The molecule has 0 amide bonds. The van der Waals surface area contributed by atoms with Crippen LogP contribution in [0, 0.1) is 0 Å². The molecular formula is C43H48NO2S+. The van der Waals surface area contributed by atoms with E-state index in [2.05, 4.69) is 120 Å². The van der Waals surface area contributed by atoms with E-state index in [0.717, 1.165) is 0 Å². The maximum atomic E-state index is 10.4. The zero-order valence-electron chi connectivity index (χ0n) is 29.3. The summed E-state index contributed by atoms with van der Waals surface area (Å²) in [6.45, 7) is 17.4. The van der Waals surface area contributed by atoms with Crippen molar-refractivity contribution in [2.24, 2.45) is 0 Å². The fourth-order valence-electron chi connectivity index (χ4n) is 9.14. The quantitative estimate of drug-likeness (QED) is 0.194. The van der Waals surface area contributed by atoms with Gasteiger partial charge >= 0.3 is 0 Å². The highest BCUT2D eigenvalue weighted by molar-refractivity contribution is 7.26. The van der Waals surface area contributed by atoms with Crippen molar-refractivity contribution in [3.8, 4) is 11.3 Å². The van der Waals surface area contributed by atoms with Gasteiger partial charge in [0, 0.05) is 40.0 Å². The second-order valence-corrected chi connectivity index (χ2v) is 17.6. The molecule has 1 aliphatic carbocycles. The van der Waals surface area contributed by atoms with E-state index in [1.807, 2.05) is 11.3 Å². The molecule has 4 heteroatoms. The normalized spacial score (nSPS) is 20.1. The second-order valence-electron chi connectivity index (χ2n) is 16.6. The zero-order chi connectivity index (χ0) is 33.0. The summed E-state index contributed by atoms with van der Waals surface area (Å²) in [5.74, 6) is 0.131. The third-order valence-electron chi connectivity index (χ3n) is 11.6. The van der Waals surface area contributed by atoms with Crippen molar-refractivity contribution < 1.29 is 14.4 Å². The van der Waals surface area contributed by atoms with E-state index in [1.54, 1.807) is 12.7 Å². The summed E-state index contributed by atoms with van der Waals surface area (Å²) in [6.07, 6.45) is 5.41. The summed E-state index contributed by atoms with van der Waals surface area (Å²) in [6, 6.07) is 23.6. The minimum absolute atomic E-state index is 0.0313. The molecule has 0 spiro atoms. The van der Waals surface area contributed by atoms with Crippen molar-refractivity contribution >= 4 is 53.1 Å². The molecule has 1 N–H and O–H groups in total. The van der Waals surface area contributed by atoms with Gasteiger partial charge in [0.05, 0.1) is 16.9 Å². The fourth-order valence-corrected chi connectivity index (χ4v) is 10.6. The Morgan fingerprint density at radius 2 is 1.62 bits per heavy atom. The molecule has 3 heterocycles. The Bertz CT molecular complexity index is 2230. The van der Waals surface area contributed by atoms with Crippen molar-refractivity contribution in [1.82, 2.24) is 0 Å². The zero-order valence-corrected chi connectivity index (χ0v) is 30.1. The topological polar surface area (TPSA) is 33.3 Å². The summed E-state index contributed by atoms with van der Waals surface area (Å²) in [7, 11) is 1.80. The number of thiophene rings is 1. The van der Waals surface area contributed by atoms with Gasteiger partial charge in [-0.3, -0.25) is 0 Å². The minimum Gasteiger partial charge on any atom is -0.396 e. The van der Waals surface area contributed by atoms with Crippen LogP contribution in [0.4, 0.5) is 0 Å². The Morgan fingerprint density at radius 1 is 0.872 bits per heavy atom. The summed E-state index contributed by atoms with van der Waals surface area (Å²) in [4.78, 5) is 0. The van der Waals surface area contributed by atoms with Crippen LogP contribution in [0.25, 0.3) is 53.0 Å². The lowest BCUT2D eigenvalue weighted by Gasteiger charge is -2.42. The highest BCUT2D eigenvalue weighted by Crippen LogP contribution is 2.53. The number of hydrogen-bond acceptors (Lipinski definition) is 3. The van der Waals surface area contributed by atoms with Crippen LogP contribution in [-0.4, -0.2) is 25.4 Å². The lowest BCUT2D eigenvalue weighted by molar-refractivity contribution is -0.719. The number of aromatic nitrogens is 1. The number of hydrogen-bond donors (Lipinski definition) is 1. The number of nitrogens with zero attached hydrogens (tertiary/aromatic N) is 1. The van der Waals surface area contributed by atoms with Crippen molar-refractivity contribution in [3.05, 3.63) is 89.1 Å². The summed E-state index contributed by atoms with van der Waals surface area (Å²) in [5.41, 5.74) is 8.68. The van der Waals surface area contributed by atoms with Gasteiger partial charge in [-0.05, 0) is 92.1 Å². The first-order valence-corrected chi connectivity index (χ1v) is 18.2. The molecule has 47 heavy (non-hydrogen) atoms. The van der Waals surface area contributed by atoms with E-state index in [1.165, 1.54) is 82.5 Å². The van der Waals surface area contributed by atoms with Gasteiger partial charge < -0.3 is 9.84 Å². The Morgan fingerprint density at radius 3 is 2.34 bits per heavy atom. The molecule has 2 unspecified atom stereocenters. The van der Waals surface area contributed by atoms with E-state index < -0.39 is 0 Å². The average Bonchev–Trinajstić information content (AvgIpc) is 3.39. The van der Waals surface area contributed by atoms with Gasteiger partial charge in [0.15, 0.2) is 12.2 Å². The Kier molecular flexibility index (Phi) is 6.98. The third-order valence-corrected chi connectivity index (χ3v) is 12.8. The van der Waals surface area contributed by atoms with E-state index in [-0.39, 0.29) is 34.8 Å². The van der Waals surface area contributed by atoms with E-state index in [4.69, 9.17) is 4.74 Å². The van der Waals surface area contributed by atoms with Gasteiger partial charge in [0.1, 0.15) is 6.61 Å². The molecule has 0 fully saturated rings. The van der Waals surface area contributed by atoms with Crippen LogP contribution in [0.15, 0.2) is 66.9 Å². The smallest absolute Gasteiger partial charge is 0.221 e. The number of aliphatic hydroxyl groups is 1. The van der Waals surface area contributed by atoms with Crippen LogP contribution in [0.5, 0.6) is 0 Å². The minimum atomic E-state index is -0.0313. The predicted molar refractivity (Wildman–Crippen MR) is 199 cm³/mol. The number of benzene rings is 4. The third kappa shape index (κ3) is 4.55. The number of methoxy groups -OCH3 is 1. The molecule has 0 saturated carbocycles. The molecule has 2 aromatic heterocycles. The van der Waals surface area contributed by atoms with Crippen LogP contribution in [0.3, 0.4) is 0 Å².